The number of amides is 2. The molecule has 2 aromatic carbocycles. The molecule has 0 saturated carbocycles. The number of hydrogen-bond donors (Lipinski definition) is 1. The van der Waals surface area contributed by atoms with E-state index in [0.29, 0.717) is 33.6 Å². The second-order valence-corrected chi connectivity index (χ2v) is 10.9. The minimum Gasteiger partial charge on any atom is -0.354 e. The van der Waals surface area contributed by atoms with Crippen molar-refractivity contribution in [2.75, 3.05) is 23.7 Å². The number of nitrogens with zero attached hydrogens (tertiary/aromatic N) is 2. The van der Waals surface area contributed by atoms with Gasteiger partial charge in [0.2, 0.25) is 21.8 Å². The van der Waals surface area contributed by atoms with Crippen LogP contribution in [0.15, 0.2) is 42.5 Å². The Bertz CT molecular complexity index is 1130. The second-order valence-electron chi connectivity index (χ2n) is 7.72. The summed E-state index contributed by atoms with van der Waals surface area (Å²) in [6, 6.07) is 10.2. The highest BCUT2D eigenvalue weighted by atomic mass is 35.5. The number of hydrogen-bond acceptors (Lipinski definition) is 4. The van der Waals surface area contributed by atoms with Gasteiger partial charge in [0.05, 0.1) is 11.9 Å². The Hall–Kier alpha value is -2.00. The highest BCUT2D eigenvalue weighted by Crippen LogP contribution is 2.25. The number of carbonyl (C=O) groups excluding carboxylic acids is 2. The maximum absolute atomic E-state index is 13.6. The number of carbonyl (C=O) groups is 2. The Labute approximate surface area is 216 Å². The van der Waals surface area contributed by atoms with Crippen molar-refractivity contribution in [3.63, 3.8) is 0 Å². The zero-order valence-electron chi connectivity index (χ0n) is 19.2. The van der Waals surface area contributed by atoms with Crippen LogP contribution in [0.4, 0.5) is 5.69 Å². The van der Waals surface area contributed by atoms with Crippen LogP contribution < -0.4 is 9.62 Å². The summed E-state index contributed by atoms with van der Waals surface area (Å²) in [5, 5.41) is 3.91. The van der Waals surface area contributed by atoms with Gasteiger partial charge in [-0.15, -0.1) is 0 Å². The van der Waals surface area contributed by atoms with Gasteiger partial charge in [0.25, 0.3) is 0 Å². The van der Waals surface area contributed by atoms with Crippen molar-refractivity contribution in [1.82, 2.24) is 10.2 Å². The fourth-order valence-corrected chi connectivity index (χ4v) is 4.86. The molecule has 186 valence electrons. The summed E-state index contributed by atoms with van der Waals surface area (Å²) in [7, 11) is -3.83. The molecule has 0 saturated heterocycles. The van der Waals surface area contributed by atoms with E-state index in [1.807, 2.05) is 6.92 Å². The van der Waals surface area contributed by atoms with Gasteiger partial charge in [0, 0.05) is 28.2 Å². The lowest BCUT2D eigenvalue weighted by atomic mass is 10.1. The standard InChI is InChI=1S/C23H28Cl3N3O4S/c1-4-11-27-23(31)21(5-2)28(14-16-9-10-18(25)13-20(16)26)22(30)15-29(34(3,32)33)19-8-6-7-17(24)12-19/h6-10,12-13,21H,4-5,11,14-15H2,1-3H3,(H,27,31). The van der Waals surface area contributed by atoms with Gasteiger partial charge in [-0.1, -0.05) is 60.8 Å². The molecular formula is C23H28Cl3N3O4S. The van der Waals surface area contributed by atoms with Gasteiger partial charge in [-0.3, -0.25) is 13.9 Å². The van der Waals surface area contributed by atoms with Crippen LogP contribution in [0.3, 0.4) is 0 Å². The summed E-state index contributed by atoms with van der Waals surface area (Å²) < 4.78 is 26.1. The molecule has 34 heavy (non-hydrogen) atoms. The molecule has 0 spiro atoms. The predicted molar refractivity (Wildman–Crippen MR) is 138 cm³/mol. The van der Waals surface area contributed by atoms with Crippen LogP contribution in [0.25, 0.3) is 0 Å². The Balaban J connectivity index is 2.46. The van der Waals surface area contributed by atoms with Crippen molar-refractivity contribution in [3.05, 3.63) is 63.1 Å². The lowest BCUT2D eigenvalue weighted by molar-refractivity contribution is -0.140. The molecule has 11 heteroatoms. The smallest absolute Gasteiger partial charge is 0.244 e. The van der Waals surface area contributed by atoms with E-state index in [2.05, 4.69) is 5.32 Å². The van der Waals surface area contributed by atoms with E-state index in [1.165, 1.54) is 11.0 Å². The Morgan fingerprint density at radius 1 is 1.03 bits per heavy atom. The van der Waals surface area contributed by atoms with E-state index in [-0.39, 0.29) is 18.1 Å². The number of anilines is 1. The van der Waals surface area contributed by atoms with E-state index in [9.17, 15) is 18.0 Å². The summed E-state index contributed by atoms with van der Waals surface area (Å²) in [5.41, 5.74) is 0.825. The monoisotopic (exact) mass is 547 g/mol. The van der Waals surface area contributed by atoms with Gasteiger partial charge in [0.15, 0.2) is 0 Å². The molecule has 2 rings (SSSR count). The van der Waals surface area contributed by atoms with Crippen LogP contribution in [0.1, 0.15) is 32.3 Å². The maximum Gasteiger partial charge on any atom is 0.244 e. The molecule has 1 atom stereocenters. The molecule has 2 aromatic rings. The molecule has 0 heterocycles. The Morgan fingerprint density at radius 2 is 1.71 bits per heavy atom. The van der Waals surface area contributed by atoms with Gasteiger partial charge in [-0.2, -0.15) is 0 Å². The topological polar surface area (TPSA) is 86.8 Å². The van der Waals surface area contributed by atoms with E-state index in [4.69, 9.17) is 34.8 Å². The fourth-order valence-electron chi connectivity index (χ4n) is 3.36. The highest BCUT2D eigenvalue weighted by molar-refractivity contribution is 7.92. The van der Waals surface area contributed by atoms with Crippen LogP contribution in [0.5, 0.6) is 0 Å². The minimum atomic E-state index is -3.83. The van der Waals surface area contributed by atoms with Crippen molar-refractivity contribution in [2.24, 2.45) is 0 Å². The first-order valence-electron chi connectivity index (χ1n) is 10.7. The zero-order valence-corrected chi connectivity index (χ0v) is 22.3. The summed E-state index contributed by atoms with van der Waals surface area (Å²) in [6.07, 6.45) is 2.06. The molecule has 1 unspecified atom stereocenters. The number of benzene rings is 2. The maximum atomic E-state index is 13.6. The van der Waals surface area contributed by atoms with Crippen LogP contribution >= 0.6 is 34.8 Å². The van der Waals surface area contributed by atoms with Crippen molar-refractivity contribution >= 4 is 62.3 Å². The van der Waals surface area contributed by atoms with Gasteiger partial charge >= 0.3 is 0 Å². The van der Waals surface area contributed by atoms with Crippen LogP contribution in [-0.4, -0.2) is 50.5 Å². The molecule has 0 radical (unpaired) electrons. The number of sulfonamides is 1. The van der Waals surface area contributed by atoms with E-state index in [0.717, 1.165) is 17.0 Å². The van der Waals surface area contributed by atoms with Crippen LogP contribution in [0, 0.1) is 0 Å². The average molecular weight is 549 g/mol. The number of rotatable bonds is 11. The molecule has 0 aliphatic carbocycles. The van der Waals surface area contributed by atoms with Gasteiger partial charge < -0.3 is 10.2 Å². The Morgan fingerprint density at radius 3 is 2.26 bits per heavy atom. The first kappa shape index (κ1) is 28.2. The van der Waals surface area contributed by atoms with E-state index < -0.39 is 28.5 Å². The van der Waals surface area contributed by atoms with Crippen molar-refractivity contribution in [1.29, 1.82) is 0 Å². The first-order valence-corrected chi connectivity index (χ1v) is 13.7. The third-order valence-corrected chi connectivity index (χ3v) is 7.03. The molecule has 0 fully saturated rings. The summed E-state index contributed by atoms with van der Waals surface area (Å²) in [5.74, 6) is -0.883. The molecule has 0 bridgehead atoms. The summed E-state index contributed by atoms with van der Waals surface area (Å²) in [6.45, 7) is 3.65. The molecule has 1 N–H and O–H groups in total. The van der Waals surface area contributed by atoms with E-state index in [1.54, 1.807) is 43.3 Å². The summed E-state index contributed by atoms with van der Waals surface area (Å²) in [4.78, 5) is 27.8. The third-order valence-electron chi connectivity index (χ3n) is 5.07. The van der Waals surface area contributed by atoms with Crippen molar-refractivity contribution in [3.8, 4) is 0 Å². The Kier molecular flexibility index (Phi) is 10.5. The van der Waals surface area contributed by atoms with Crippen LogP contribution in [-0.2, 0) is 26.2 Å². The average Bonchev–Trinajstić information content (AvgIpc) is 2.76. The lowest BCUT2D eigenvalue weighted by Gasteiger charge is -2.33. The number of halogens is 3. The second kappa shape index (κ2) is 12.6. The third kappa shape index (κ3) is 7.77. The van der Waals surface area contributed by atoms with Gasteiger partial charge in [0.1, 0.15) is 12.6 Å². The van der Waals surface area contributed by atoms with Gasteiger partial charge in [-0.05, 0) is 48.7 Å². The molecular weight excluding hydrogens is 521 g/mol. The zero-order chi connectivity index (χ0) is 25.5. The highest BCUT2D eigenvalue weighted by Gasteiger charge is 2.32. The first-order chi connectivity index (χ1) is 16.0. The van der Waals surface area contributed by atoms with Crippen LogP contribution in [0.2, 0.25) is 15.1 Å². The normalized spacial score (nSPS) is 12.2. The molecule has 2 amide bonds. The molecule has 0 aliphatic rings. The molecule has 7 nitrogen and oxygen atoms in total. The molecule has 0 aromatic heterocycles. The predicted octanol–water partition coefficient (Wildman–Crippen LogP) is 4.75. The largest absolute Gasteiger partial charge is 0.354 e. The minimum absolute atomic E-state index is 0.0000347. The van der Waals surface area contributed by atoms with E-state index >= 15 is 0 Å². The lowest BCUT2D eigenvalue weighted by Crippen LogP contribution is -2.52. The fraction of sp³-hybridized carbons (Fsp3) is 0.391. The van der Waals surface area contributed by atoms with Crippen molar-refractivity contribution < 1.29 is 18.0 Å². The summed E-state index contributed by atoms with van der Waals surface area (Å²) >= 11 is 18.4. The van der Waals surface area contributed by atoms with Crippen molar-refractivity contribution in [2.45, 2.75) is 39.3 Å². The quantitative estimate of drug-likeness (QED) is 0.439. The SMILES string of the molecule is CCCNC(=O)C(CC)N(Cc1ccc(Cl)cc1Cl)C(=O)CN(c1cccc(Cl)c1)S(C)(=O)=O. The van der Waals surface area contributed by atoms with Gasteiger partial charge in [-0.25, -0.2) is 8.42 Å². The molecule has 0 aliphatic heterocycles. The number of nitrogens with one attached hydrogen (secondary N) is 1.